The van der Waals surface area contributed by atoms with Gasteiger partial charge in [0.15, 0.2) is 0 Å². The van der Waals surface area contributed by atoms with Crippen LogP contribution in [0.25, 0.3) is 0 Å². The van der Waals surface area contributed by atoms with E-state index in [-0.39, 0.29) is 11.8 Å². The van der Waals surface area contributed by atoms with E-state index in [9.17, 15) is 9.90 Å². The van der Waals surface area contributed by atoms with Crippen LogP contribution < -0.4 is 5.32 Å². The number of thiophene rings is 1. The Morgan fingerprint density at radius 1 is 1.47 bits per heavy atom. The lowest BCUT2D eigenvalue weighted by molar-refractivity contribution is 0.0817. The molecule has 5 heteroatoms. The topological polar surface area (TPSA) is 58.6 Å². The zero-order valence-electron chi connectivity index (χ0n) is 11.8. The molecule has 1 atom stereocenters. The highest BCUT2D eigenvalue weighted by atomic mass is 32.1. The molecule has 0 aromatic carbocycles. The third-order valence-corrected chi connectivity index (χ3v) is 4.27. The number of rotatable bonds is 8. The summed E-state index contributed by atoms with van der Waals surface area (Å²) in [6, 6.07) is 1.89. The molecule has 19 heavy (non-hydrogen) atoms. The summed E-state index contributed by atoms with van der Waals surface area (Å²) in [5.41, 5.74) is 0.891. The number of methoxy groups -OCH3 is 1. The van der Waals surface area contributed by atoms with E-state index in [1.807, 2.05) is 11.4 Å². The second kappa shape index (κ2) is 8.30. The quantitative estimate of drug-likeness (QED) is 0.771. The van der Waals surface area contributed by atoms with Crippen LogP contribution in [0.3, 0.4) is 0 Å². The first-order valence-corrected chi connectivity index (χ1v) is 7.53. The smallest absolute Gasteiger partial charge is 0.261 e. The molecule has 4 nitrogen and oxygen atoms in total. The second-order valence-corrected chi connectivity index (χ2v) is 5.48. The normalized spacial score (nSPS) is 12.7. The van der Waals surface area contributed by atoms with Crippen molar-refractivity contribution in [2.75, 3.05) is 13.7 Å². The van der Waals surface area contributed by atoms with Crippen molar-refractivity contribution in [2.24, 2.45) is 5.92 Å². The third-order valence-electron chi connectivity index (χ3n) is 3.32. The molecule has 1 aromatic heterocycles. The van der Waals surface area contributed by atoms with E-state index in [1.54, 1.807) is 7.11 Å². The van der Waals surface area contributed by atoms with Gasteiger partial charge in [-0.15, -0.1) is 11.3 Å². The van der Waals surface area contributed by atoms with Crippen molar-refractivity contribution in [3.8, 4) is 0 Å². The summed E-state index contributed by atoms with van der Waals surface area (Å²) in [7, 11) is 1.61. The zero-order chi connectivity index (χ0) is 14.3. The van der Waals surface area contributed by atoms with Crippen molar-refractivity contribution < 1.29 is 14.6 Å². The molecule has 0 bridgehead atoms. The largest absolute Gasteiger partial charge is 0.391 e. The maximum atomic E-state index is 12.0. The van der Waals surface area contributed by atoms with Crippen LogP contribution in [0.1, 0.15) is 41.9 Å². The molecule has 1 unspecified atom stereocenters. The van der Waals surface area contributed by atoms with E-state index in [0.717, 1.165) is 18.4 Å². The van der Waals surface area contributed by atoms with E-state index in [1.165, 1.54) is 11.3 Å². The number of amides is 1. The summed E-state index contributed by atoms with van der Waals surface area (Å²) in [6.07, 6.45) is 1.35. The fourth-order valence-electron chi connectivity index (χ4n) is 2.08. The number of hydrogen-bond donors (Lipinski definition) is 2. The van der Waals surface area contributed by atoms with Crippen LogP contribution in [0.4, 0.5) is 0 Å². The highest BCUT2D eigenvalue weighted by molar-refractivity contribution is 7.12. The molecule has 0 saturated heterocycles. The first-order chi connectivity index (χ1) is 9.13. The van der Waals surface area contributed by atoms with Crippen LogP contribution >= 0.6 is 11.3 Å². The molecule has 1 heterocycles. The molecular formula is C14H23NO3S. The van der Waals surface area contributed by atoms with Gasteiger partial charge in [-0.2, -0.15) is 0 Å². The maximum absolute atomic E-state index is 12.0. The third kappa shape index (κ3) is 4.60. The molecule has 0 saturated carbocycles. The van der Waals surface area contributed by atoms with Gasteiger partial charge in [0.25, 0.3) is 5.91 Å². The number of carbonyl (C=O) groups excluding carboxylic acids is 1. The summed E-state index contributed by atoms with van der Waals surface area (Å²) in [5.74, 6) is 0.106. The number of ether oxygens (including phenoxy) is 1. The number of aliphatic hydroxyl groups is 1. The van der Waals surface area contributed by atoms with Gasteiger partial charge in [0.05, 0.1) is 17.6 Å². The standard InChI is InChI=1S/C14H23NO3S/c1-4-10(5-2)12(16)8-15-14(17)13-11(9-18-3)6-7-19-13/h6-7,10,12,16H,4-5,8-9H2,1-3H3,(H,15,17). The Labute approximate surface area is 118 Å². The van der Waals surface area contributed by atoms with Gasteiger partial charge in [0.2, 0.25) is 0 Å². The highest BCUT2D eigenvalue weighted by Gasteiger charge is 2.18. The van der Waals surface area contributed by atoms with E-state index in [4.69, 9.17) is 4.74 Å². The van der Waals surface area contributed by atoms with Crippen LogP contribution in [0, 0.1) is 5.92 Å². The first kappa shape index (κ1) is 16.1. The van der Waals surface area contributed by atoms with Gasteiger partial charge >= 0.3 is 0 Å². The predicted molar refractivity (Wildman–Crippen MR) is 77.4 cm³/mol. The van der Waals surface area contributed by atoms with E-state index in [0.29, 0.717) is 18.0 Å². The molecule has 0 aliphatic rings. The molecule has 1 aromatic rings. The minimum atomic E-state index is -0.482. The number of nitrogens with one attached hydrogen (secondary N) is 1. The average molecular weight is 285 g/mol. The summed E-state index contributed by atoms with van der Waals surface area (Å²) in [4.78, 5) is 12.7. The van der Waals surface area contributed by atoms with Crippen LogP contribution in [0.5, 0.6) is 0 Å². The summed E-state index contributed by atoms with van der Waals surface area (Å²) >= 11 is 1.40. The maximum Gasteiger partial charge on any atom is 0.261 e. The minimum Gasteiger partial charge on any atom is -0.391 e. The van der Waals surface area contributed by atoms with Gasteiger partial charge in [-0.25, -0.2) is 0 Å². The van der Waals surface area contributed by atoms with E-state index in [2.05, 4.69) is 19.2 Å². The molecule has 2 N–H and O–H groups in total. The zero-order valence-corrected chi connectivity index (χ0v) is 12.6. The van der Waals surface area contributed by atoms with Crippen molar-refractivity contribution in [2.45, 2.75) is 39.4 Å². The Morgan fingerprint density at radius 3 is 2.74 bits per heavy atom. The average Bonchev–Trinajstić information content (AvgIpc) is 2.86. The first-order valence-electron chi connectivity index (χ1n) is 6.65. The lowest BCUT2D eigenvalue weighted by Gasteiger charge is -2.20. The van der Waals surface area contributed by atoms with Crippen molar-refractivity contribution >= 4 is 17.2 Å². The SMILES string of the molecule is CCC(CC)C(O)CNC(=O)c1sccc1COC. The fraction of sp³-hybridized carbons (Fsp3) is 0.643. The second-order valence-electron chi connectivity index (χ2n) is 4.56. The Balaban J connectivity index is 2.53. The van der Waals surface area contributed by atoms with E-state index < -0.39 is 6.10 Å². The molecule has 108 valence electrons. The molecule has 0 radical (unpaired) electrons. The van der Waals surface area contributed by atoms with Gasteiger partial charge in [-0.3, -0.25) is 4.79 Å². The van der Waals surface area contributed by atoms with Gasteiger partial charge in [0.1, 0.15) is 0 Å². The molecule has 0 spiro atoms. The van der Waals surface area contributed by atoms with Gasteiger partial charge in [-0.1, -0.05) is 26.7 Å². The van der Waals surface area contributed by atoms with Gasteiger partial charge in [-0.05, 0) is 17.4 Å². The highest BCUT2D eigenvalue weighted by Crippen LogP contribution is 2.18. The predicted octanol–water partition coefficient (Wildman–Crippen LogP) is 2.42. The van der Waals surface area contributed by atoms with Gasteiger partial charge < -0.3 is 15.2 Å². The Kier molecular flexibility index (Phi) is 7.05. The molecule has 0 fully saturated rings. The summed E-state index contributed by atoms with van der Waals surface area (Å²) in [5, 5.41) is 14.7. The van der Waals surface area contributed by atoms with Crippen molar-refractivity contribution in [1.29, 1.82) is 0 Å². The number of hydrogen-bond acceptors (Lipinski definition) is 4. The number of carbonyl (C=O) groups is 1. The molecule has 1 rings (SSSR count). The van der Waals surface area contributed by atoms with Crippen molar-refractivity contribution in [3.05, 3.63) is 21.9 Å². The fourth-order valence-corrected chi connectivity index (χ4v) is 2.91. The monoisotopic (exact) mass is 285 g/mol. The van der Waals surface area contributed by atoms with Crippen LogP contribution in [-0.4, -0.2) is 30.8 Å². The van der Waals surface area contributed by atoms with Crippen LogP contribution in [-0.2, 0) is 11.3 Å². The van der Waals surface area contributed by atoms with Crippen LogP contribution in [0.2, 0.25) is 0 Å². The molecular weight excluding hydrogens is 262 g/mol. The van der Waals surface area contributed by atoms with E-state index >= 15 is 0 Å². The van der Waals surface area contributed by atoms with Crippen molar-refractivity contribution in [1.82, 2.24) is 5.32 Å². The van der Waals surface area contributed by atoms with Crippen LogP contribution in [0.15, 0.2) is 11.4 Å². The Bertz CT molecular complexity index is 388. The van der Waals surface area contributed by atoms with Crippen molar-refractivity contribution in [3.63, 3.8) is 0 Å². The minimum absolute atomic E-state index is 0.132. The summed E-state index contributed by atoms with van der Waals surface area (Å²) < 4.78 is 5.05. The lowest BCUT2D eigenvalue weighted by atomic mass is 9.96. The molecule has 0 aliphatic heterocycles. The molecule has 1 amide bonds. The lowest BCUT2D eigenvalue weighted by Crippen LogP contribution is -2.36. The number of aliphatic hydroxyl groups excluding tert-OH is 1. The Morgan fingerprint density at radius 2 is 2.16 bits per heavy atom. The molecule has 0 aliphatic carbocycles. The Hall–Kier alpha value is -0.910. The van der Waals surface area contributed by atoms with Gasteiger partial charge in [0, 0.05) is 19.2 Å². The summed E-state index contributed by atoms with van der Waals surface area (Å²) in [6.45, 7) is 4.83.